The van der Waals surface area contributed by atoms with Crippen LogP contribution in [0.1, 0.15) is 0 Å². The summed E-state index contributed by atoms with van der Waals surface area (Å²) in [4.78, 5) is 4.73. The second kappa shape index (κ2) is 13.3. The first-order chi connectivity index (χ1) is 29.3. The van der Waals surface area contributed by atoms with Crippen molar-refractivity contribution in [3.8, 4) is 11.4 Å². The molecule has 3 heterocycles. The van der Waals surface area contributed by atoms with Gasteiger partial charge in [0.05, 0.1) is 33.3 Å². The number of hydrogen-bond acceptors (Lipinski definition) is 2. The fourth-order valence-electron chi connectivity index (χ4n) is 9.28. The average Bonchev–Trinajstić information content (AvgIpc) is 3.64. The van der Waals surface area contributed by atoms with E-state index in [1.54, 1.807) is 0 Å². The van der Waals surface area contributed by atoms with Crippen LogP contribution in [0, 0.1) is 0 Å². The van der Waals surface area contributed by atoms with E-state index in [-0.39, 0.29) is 0 Å². The van der Waals surface area contributed by atoms with E-state index >= 15 is 0 Å². The second-order valence-corrected chi connectivity index (χ2v) is 15.1. The topological polar surface area (TPSA) is 20.8 Å². The lowest BCUT2D eigenvalue weighted by Gasteiger charge is -2.31. The van der Waals surface area contributed by atoms with Gasteiger partial charge in [0.15, 0.2) is 0 Å². The van der Waals surface area contributed by atoms with Crippen molar-refractivity contribution < 1.29 is 0 Å². The van der Waals surface area contributed by atoms with E-state index in [0.717, 1.165) is 62.0 Å². The molecular formula is C54H37N5. The summed E-state index contributed by atoms with van der Waals surface area (Å²) in [6.07, 6.45) is 0. The molecule has 0 saturated heterocycles. The molecule has 0 amide bonds. The van der Waals surface area contributed by atoms with Crippen LogP contribution < -0.4 is 9.80 Å². The predicted molar refractivity (Wildman–Crippen MR) is 247 cm³/mol. The summed E-state index contributed by atoms with van der Waals surface area (Å²) >= 11 is 0. The lowest BCUT2D eigenvalue weighted by Crippen LogP contribution is -2.18. The molecule has 5 nitrogen and oxygen atoms in total. The minimum Gasteiger partial charge on any atom is -0.310 e. The summed E-state index contributed by atoms with van der Waals surface area (Å²) in [5, 5.41) is 4.86. The van der Waals surface area contributed by atoms with Gasteiger partial charge in [-0.3, -0.25) is 0 Å². The van der Waals surface area contributed by atoms with E-state index in [2.05, 4.69) is 248 Å². The summed E-state index contributed by atoms with van der Waals surface area (Å²) in [6, 6.07) is 80.9. The molecule has 10 aromatic rings. The monoisotopic (exact) mass is 755 g/mol. The largest absolute Gasteiger partial charge is 0.310 e. The zero-order chi connectivity index (χ0) is 38.9. The summed E-state index contributed by atoms with van der Waals surface area (Å²) in [7, 11) is 0. The van der Waals surface area contributed by atoms with Crippen LogP contribution in [0.5, 0.6) is 0 Å². The van der Waals surface area contributed by atoms with E-state index in [1.165, 1.54) is 32.6 Å². The molecule has 278 valence electrons. The Bertz CT molecular complexity index is 3340. The van der Waals surface area contributed by atoms with Gasteiger partial charge in [-0.15, -0.1) is 0 Å². The summed E-state index contributed by atoms with van der Waals surface area (Å²) in [6.45, 7) is 0. The molecular weight excluding hydrogens is 719 g/mol. The molecule has 5 heteroatoms. The molecule has 0 saturated carbocycles. The first-order valence-corrected chi connectivity index (χ1v) is 20.1. The molecule has 0 atom stereocenters. The molecule has 0 aliphatic carbocycles. The minimum absolute atomic E-state index is 1.07. The number of aromatic nitrogens is 3. The van der Waals surface area contributed by atoms with Crippen LogP contribution in [-0.4, -0.2) is 13.8 Å². The number of benzene rings is 9. The Morgan fingerprint density at radius 3 is 1.36 bits per heavy atom. The Morgan fingerprint density at radius 1 is 0.288 bits per heavy atom. The van der Waals surface area contributed by atoms with Gasteiger partial charge >= 0.3 is 0 Å². The predicted octanol–water partition coefficient (Wildman–Crippen LogP) is 14.5. The van der Waals surface area contributed by atoms with Gasteiger partial charge in [-0.1, -0.05) is 127 Å². The Balaban J connectivity index is 1.30. The smallest absolute Gasteiger partial charge is 0.0958 e. The van der Waals surface area contributed by atoms with Crippen LogP contribution in [0.3, 0.4) is 0 Å². The molecule has 0 radical (unpaired) electrons. The first-order valence-electron chi connectivity index (χ1n) is 20.1. The molecule has 0 spiro atoms. The van der Waals surface area contributed by atoms with Gasteiger partial charge in [0.25, 0.3) is 0 Å². The average molecular weight is 756 g/mol. The van der Waals surface area contributed by atoms with Gasteiger partial charge in [-0.2, -0.15) is 0 Å². The van der Waals surface area contributed by atoms with Gasteiger partial charge in [0.2, 0.25) is 0 Å². The van der Waals surface area contributed by atoms with E-state index < -0.39 is 0 Å². The van der Waals surface area contributed by atoms with E-state index in [9.17, 15) is 0 Å². The summed E-state index contributed by atoms with van der Waals surface area (Å²) < 4.78 is 7.41. The Kier molecular flexibility index (Phi) is 7.47. The van der Waals surface area contributed by atoms with Crippen molar-refractivity contribution in [2.45, 2.75) is 0 Å². The second-order valence-electron chi connectivity index (χ2n) is 15.1. The van der Waals surface area contributed by atoms with Gasteiger partial charge in [-0.25, -0.2) is 9.20 Å². The van der Waals surface area contributed by atoms with E-state index in [0.29, 0.717) is 0 Å². The third kappa shape index (κ3) is 5.12. The molecule has 0 unspecified atom stereocenters. The molecule has 9 aromatic carbocycles. The van der Waals surface area contributed by atoms with Crippen LogP contribution in [-0.2, 0) is 0 Å². The maximum atomic E-state index is 2.48. The molecule has 1 aromatic heterocycles. The minimum atomic E-state index is 1.07. The molecule has 0 N–H and O–H groups in total. The Hall–Kier alpha value is -8.02. The highest BCUT2D eigenvalue weighted by Crippen LogP contribution is 2.47. The molecule has 0 fully saturated rings. The summed E-state index contributed by atoms with van der Waals surface area (Å²) in [5.74, 6) is 0. The third-order valence-corrected chi connectivity index (χ3v) is 11.7. The van der Waals surface area contributed by atoms with Crippen molar-refractivity contribution in [1.29, 1.82) is 0 Å². The highest BCUT2D eigenvalue weighted by atomic mass is 15.4. The van der Waals surface area contributed by atoms with Crippen molar-refractivity contribution in [3.05, 3.63) is 224 Å². The van der Waals surface area contributed by atoms with Gasteiger partial charge in [0.1, 0.15) is 0 Å². The third-order valence-electron chi connectivity index (χ3n) is 11.7. The van der Waals surface area contributed by atoms with Crippen molar-refractivity contribution in [3.63, 3.8) is 0 Å². The number of nitrogens with zero attached hydrogens (tertiary/aromatic N) is 5. The van der Waals surface area contributed by atoms with Crippen LogP contribution in [0.2, 0.25) is 0 Å². The van der Waals surface area contributed by atoms with E-state index in [4.69, 9.17) is 0 Å². The normalized spacial score (nSPS) is 11.7. The fourth-order valence-corrected chi connectivity index (χ4v) is 9.28. The number of hydrogen-bond donors (Lipinski definition) is 0. The number of para-hydroxylation sites is 7. The lowest BCUT2D eigenvalue weighted by atomic mass is 10.0. The van der Waals surface area contributed by atoms with Crippen molar-refractivity contribution >= 4 is 83.3 Å². The first kappa shape index (κ1) is 33.2. The maximum Gasteiger partial charge on any atom is 0.0958 e. The van der Waals surface area contributed by atoms with Crippen molar-refractivity contribution in [1.82, 2.24) is 13.8 Å². The zero-order valence-corrected chi connectivity index (χ0v) is 32.1. The number of anilines is 6. The fraction of sp³-hybridized carbons (Fsp3) is 0. The van der Waals surface area contributed by atoms with Gasteiger partial charge in [0, 0.05) is 61.4 Å². The zero-order valence-electron chi connectivity index (χ0n) is 32.1. The van der Waals surface area contributed by atoms with Crippen LogP contribution >= 0.6 is 0 Å². The Morgan fingerprint density at radius 2 is 0.763 bits per heavy atom. The van der Waals surface area contributed by atoms with Crippen LogP contribution in [0.4, 0.5) is 34.1 Å². The van der Waals surface area contributed by atoms with Gasteiger partial charge in [-0.05, 0) is 97.1 Å². The standard InChI is InChI=1S/C54H37N5/c1-6-19-38(20-7-1)55(39-21-8-2-9-22-39)43-33-34-50-51(36-43)57(42-27-14-5-15-28-42)52-37-44(56(40-23-10-3-11-24-40)41-25-12-4-13-26-41)35-48-47-31-18-30-46-45-29-16-17-32-49(45)58(53(46)47)59(50)54(48)52/h1-37H. The molecule has 12 rings (SSSR count). The van der Waals surface area contributed by atoms with Gasteiger partial charge < -0.3 is 14.4 Å². The maximum absolute atomic E-state index is 2.48. The number of fused-ring (bicyclic) bond motifs is 7. The lowest BCUT2D eigenvalue weighted by molar-refractivity contribution is 0.837. The molecule has 2 aliphatic rings. The number of rotatable bonds is 7. The van der Waals surface area contributed by atoms with E-state index in [1.807, 2.05) is 0 Å². The quantitative estimate of drug-likeness (QED) is 0.119. The van der Waals surface area contributed by atoms with Crippen molar-refractivity contribution in [2.75, 3.05) is 9.80 Å². The molecule has 59 heavy (non-hydrogen) atoms. The molecule has 0 bridgehead atoms. The summed E-state index contributed by atoms with van der Waals surface area (Å²) in [5.41, 5.74) is 14.4. The SMILES string of the molecule is c1ccc(N(c2ccccc2)c2cc3c4c(c2)n(-c2ccccc2)c2cc(N(c5ccccc5)c5ccccc5)ccc2n-4n2c4ccccc4c4cccc3c42)cc1. The highest BCUT2D eigenvalue weighted by molar-refractivity contribution is 6.20. The van der Waals surface area contributed by atoms with Crippen LogP contribution in [0.25, 0.3) is 60.5 Å². The van der Waals surface area contributed by atoms with Crippen molar-refractivity contribution in [2.24, 2.45) is 0 Å². The Labute approximate surface area is 341 Å². The highest BCUT2D eigenvalue weighted by Gasteiger charge is 2.27. The molecule has 2 aliphatic heterocycles. The van der Waals surface area contributed by atoms with Crippen LogP contribution in [0.15, 0.2) is 224 Å².